The maximum Gasteiger partial charge on any atom is 0.573 e. The van der Waals surface area contributed by atoms with Crippen molar-refractivity contribution in [1.82, 2.24) is 15.0 Å². The lowest BCUT2D eigenvalue weighted by atomic mass is 10.1. The van der Waals surface area contributed by atoms with Crippen LogP contribution in [-0.4, -0.2) is 32.4 Å². The van der Waals surface area contributed by atoms with E-state index in [0.717, 1.165) is 0 Å². The lowest BCUT2D eigenvalue weighted by Gasteiger charge is -2.10. The van der Waals surface area contributed by atoms with Gasteiger partial charge in [0, 0.05) is 10.6 Å². The molecule has 0 spiro atoms. The Balaban J connectivity index is 1.91. The van der Waals surface area contributed by atoms with Crippen molar-refractivity contribution in [3.8, 4) is 17.0 Å². The van der Waals surface area contributed by atoms with E-state index in [0.29, 0.717) is 16.1 Å². The number of hydrogen-bond acceptors (Lipinski definition) is 4. The van der Waals surface area contributed by atoms with Crippen LogP contribution in [0.15, 0.2) is 48.5 Å². The molecule has 1 aromatic heterocycles. The van der Waals surface area contributed by atoms with E-state index in [9.17, 15) is 23.1 Å². The van der Waals surface area contributed by atoms with Gasteiger partial charge in [-0.2, -0.15) is 0 Å². The van der Waals surface area contributed by atoms with Crippen LogP contribution in [-0.2, 0) is 6.54 Å². The Labute approximate surface area is 155 Å². The van der Waals surface area contributed by atoms with Crippen molar-refractivity contribution < 1.29 is 27.8 Å². The van der Waals surface area contributed by atoms with Gasteiger partial charge in [-0.15, -0.1) is 18.3 Å². The average molecular weight is 398 g/mol. The van der Waals surface area contributed by atoms with Crippen molar-refractivity contribution in [2.45, 2.75) is 12.9 Å². The molecule has 0 aliphatic carbocycles. The Bertz CT molecular complexity index is 954. The molecular weight excluding hydrogens is 387 g/mol. The predicted octanol–water partition coefficient (Wildman–Crippen LogP) is 4.24. The maximum atomic E-state index is 12.2. The van der Waals surface area contributed by atoms with E-state index in [1.165, 1.54) is 28.9 Å². The Kier molecular flexibility index (Phi) is 5.04. The molecule has 0 radical (unpaired) electrons. The molecule has 0 atom stereocenters. The highest BCUT2D eigenvalue weighted by molar-refractivity contribution is 6.30. The van der Waals surface area contributed by atoms with Crippen LogP contribution < -0.4 is 4.74 Å². The number of nitrogens with zero attached hydrogens (tertiary/aromatic N) is 3. The summed E-state index contributed by atoms with van der Waals surface area (Å²) in [6.07, 6.45) is -4.77. The van der Waals surface area contributed by atoms with E-state index in [2.05, 4.69) is 15.0 Å². The summed E-state index contributed by atoms with van der Waals surface area (Å²) in [5, 5.41) is 17.4. The molecule has 27 heavy (non-hydrogen) atoms. The zero-order valence-corrected chi connectivity index (χ0v) is 14.2. The maximum absolute atomic E-state index is 12.2. The van der Waals surface area contributed by atoms with Crippen molar-refractivity contribution in [3.63, 3.8) is 0 Å². The van der Waals surface area contributed by atoms with Gasteiger partial charge in [-0.1, -0.05) is 41.1 Å². The predicted molar refractivity (Wildman–Crippen MR) is 89.7 cm³/mol. The number of aromatic nitrogens is 3. The fourth-order valence-corrected chi connectivity index (χ4v) is 2.56. The number of hydrogen-bond donors (Lipinski definition) is 1. The first kappa shape index (κ1) is 18.7. The minimum atomic E-state index is -4.77. The molecule has 1 N–H and O–H groups in total. The summed E-state index contributed by atoms with van der Waals surface area (Å²) < 4.78 is 41.9. The smallest absolute Gasteiger partial charge is 0.476 e. The molecule has 0 amide bonds. The van der Waals surface area contributed by atoms with Crippen LogP contribution in [0, 0.1) is 0 Å². The summed E-state index contributed by atoms with van der Waals surface area (Å²) in [5.74, 6) is -1.60. The van der Waals surface area contributed by atoms with Crippen LogP contribution in [0.3, 0.4) is 0 Å². The number of halogens is 4. The molecule has 0 unspecified atom stereocenters. The molecule has 0 aliphatic rings. The zero-order valence-electron chi connectivity index (χ0n) is 13.4. The molecule has 10 heteroatoms. The number of benzene rings is 2. The van der Waals surface area contributed by atoms with Crippen LogP contribution in [0.2, 0.25) is 5.02 Å². The third-order valence-corrected chi connectivity index (χ3v) is 3.80. The first-order valence-corrected chi connectivity index (χ1v) is 7.88. The first-order chi connectivity index (χ1) is 12.7. The second-order valence-corrected chi connectivity index (χ2v) is 5.88. The molecule has 0 fully saturated rings. The van der Waals surface area contributed by atoms with Crippen molar-refractivity contribution >= 4 is 17.6 Å². The number of carbonyl (C=O) groups is 1. The monoisotopic (exact) mass is 397 g/mol. The third kappa shape index (κ3) is 4.56. The van der Waals surface area contributed by atoms with E-state index in [1.54, 1.807) is 24.3 Å². The van der Waals surface area contributed by atoms with Gasteiger partial charge in [0.05, 0.1) is 6.54 Å². The summed E-state index contributed by atoms with van der Waals surface area (Å²) >= 11 is 5.86. The normalized spacial score (nSPS) is 11.4. The molecule has 0 saturated heterocycles. The molecule has 2 aromatic carbocycles. The summed E-state index contributed by atoms with van der Waals surface area (Å²) in [7, 11) is 0. The fourth-order valence-electron chi connectivity index (χ4n) is 2.43. The standard InChI is InChI=1S/C17H11ClF3N3O3/c18-12-5-3-11(4-6-12)15-14(16(25)26)22-23-24(15)9-10-1-7-13(8-2-10)27-17(19,20)21/h1-8H,9H2,(H,25,26). The highest BCUT2D eigenvalue weighted by Gasteiger charge is 2.31. The number of ether oxygens (including phenoxy) is 1. The SMILES string of the molecule is O=C(O)c1nnn(Cc2ccc(OC(F)(F)F)cc2)c1-c1ccc(Cl)cc1. The van der Waals surface area contributed by atoms with Crippen molar-refractivity contribution in [1.29, 1.82) is 0 Å². The summed E-state index contributed by atoms with van der Waals surface area (Å²) in [6.45, 7) is 0.102. The Morgan fingerprint density at radius 1 is 1.11 bits per heavy atom. The largest absolute Gasteiger partial charge is 0.573 e. The minimum absolute atomic E-state index is 0.102. The third-order valence-electron chi connectivity index (χ3n) is 3.54. The number of carboxylic acid groups (broad SMARTS) is 1. The molecule has 6 nitrogen and oxygen atoms in total. The quantitative estimate of drug-likeness (QED) is 0.696. The second kappa shape index (κ2) is 7.28. The van der Waals surface area contributed by atoms with Crippen molar-refractivity contribution in [2.75, 3.05) is 0 Å². The van der Waals surface area contributed by atoms with Crippen LogP contribution in [0.5, 0.6) is 5.75 Å². The van der Waals surface area contributed by atoms with E-state index < -0.39 is 12.3 Å². The van der Waals surface area contributed by atoms with E-state index in [4.69, 9.17) is 11.6 Å². The molecule has 0 aliphatic heterocycles. The number of rotatable bonds is 5. The Morgan fingerprint density at radius 2 is 1.74 bits per heavy atom. The molecule has 3 rings (SSSR count). The summed E-state index contributed by atoms with van der Waals surface area (Å²) in [4.78, 5) is 11.4. The molecule has 0 saturated carbocycles. The van der Waals surface area contributed by atoms with E-state index in [1.807, 2.05) is 0 Å². The van der Waals surface area contributed by atoms with Gasteiger partial charge in [0.2, 0.25) is 0 Å². The lowest BCUT2D eigenvalue weighted by Crippen LogP contribution is -2.17. The average Bonchev–Trinajstić information content (AvgIpc) is 3.00. The van der Waals surface area contributed by atoms with Crippen LogP contribution in [0.4, 0.5) is 13.2 Å². The number of carboxylic acids is 1. The summed E-state index contributed by atoms with van der Waals surface area (Å²) in [6, 6.07) is 11.6. The highest BCUT2D eigenvalue weighted by Crippen LogP contribution is 2.26. The van der Waals surface area contributed by atoms with Crippen LogP contribution in [0.1, 0.15) is 16.1 Å². The van der Waals surface area contributed by atoms with Gasteiger partial charge in [0.1, 0.15) is 11.4 Å². The van der Waals surface area contributed by atoms with Crippen molar-refractivity contribution in [3.05, 3.63) is 64.8 Å². The molecule has 3 aromatic rings. The van der Waals surface area contributed by atoms with E-state index in [-0.39, 0.29) is 23.7 Å². The number of aromatic carboxylic acids is 1. The van der Waals surface area contributed by atoms with Gasteiger partial charge in [-0.25, -0.2) is 9.48 Å². The van der Waals surface area contributed by atoms with Gasteiger partial charge in [-0.05, 0) is 29.8 Å². The molecule has 1 heterocycles. The Hall–Kier alpha value is -3.07. The van der Waals surface area contributed by atoms with Gasteiger partial charge in [0.25, 0.3) is 0 Å². The molecular formula is C17H11ClF3N3O3. The molecule has 0 bridgehead atoms. The zero-order chi connectivity index (χ0) is 19.6. The van der Waals surface area contributed by atoms with Crippen LogP contribution in [0.25, 0.3) is 11.3 Å². The second-order valence-electron chi connectivity index (χ2n) is 5.45. The first-order valence-electron chi connectivity index (χ1n) is 7.50. The molecule has 140 valence electrons. The van der Waals surface area contributed by atoms with Gasteiger partial charge in [-0.3, -0.25) is 0 Å². The van der Waals surface area contributed by atoms with Gasteiger partial charge in [0.15, 0.2) is 5.69 Å². The van der Waals surface area contributed by atoms with Crippen LogP contribution >= 0.6 is 11.6 Å². The van der Waals surface area contributed by atoms with Gasteiger partial charge >= 0.3 is 12.3 Å². The minimum Gasteiger partial charge on any atom is -0.476 e. The Morgan fingerprint density at radius 3 is 2.30 bits per heavy atom. The lowest BCUT2D eigenvalue weighted by molar-refractivity contribution is -0.274. The fraction of sp³-hybridized carbons (Fsp3) is 0.118. The topological polar surface area (TPSA) is 77.2 Å². The summed E-state index contributed by atoms with van der Waals surface area (Å²) in [5.41, 5.74) is 1.14. The highest BCUT2D eigenvalue weighted by atomic mass is 35.5. The van der Waals surface area contributed by atoms with Gasteiger partial charge < -0.3 is 9.84 Å². The number of alkyl halides is 3. The van der Waals surface area contributed by atoms with Crippen molar-refractivity contribution in [2.24, 2.45) is 0 Å². The van der Waals surface area contributed by atoms with E-state index >= 15 is 0 Å².